The third-order valence-electron chi connectivity index (χ3n) is 4.70. The first kappa shape index (κ1) is 18.5. The Bertz CT molecular complexity index is 1010. The molecule has 0 bridgehead atoms. The molecule has 1 fully saturated rings. The van der Waals surface area contributed by atoms with E-state index in [-0.39, 0.29) is 23.1 Å². The second-order valence-electron chi connectivity index (χ2n) is 6.44. The molecule has 2 aromatic heterocycles. The quantitative estimate of drug-likeness (QED) is 0.520. The molecule has 10 heteroatoms. The molecule has 3 heterocycles. The van der Waals surface area contributed by atoms with Gasteiger partial charge in [-0.25, -0.2) is 14.4 Å². The summed E-state index contributed by atoms with van der Waals surface area (Å²) in [6.07, 6.45) is 4.46. The first-order chi connectivity index (χ1) is 14.1. The molecule has 0 radical (unpaired) electrons. The fourth-order valence-corrected chi connectivity index (χ4v) is 3.30. The molecule has 0 spiro atoms. The van der Waals surface area contributed by atoms with Gasteiger partial charge in [0.1, 0.15) is 12.1 Å². The molecule has 0 amide bonds. The van der Waals surface area contributed by atoms with Gasteiger partial charge in [0.05, 0.1) is 10.6 Å². The topological polar surface area (TPSA) is 100 Å². The zero-order valence-corrected chi connectivity index (χ0v) is 15.4. The minimum absolute atomic E-state index is 0.114. The summed E-state index contributed by atoms with van der Waals surface area (Å²) >= 11 is 0. The van der Waals surface area contributed by atoms with Crippen LogP contribution in [0.15, 0.2) is 55.1 Å². The van der Waals surface area contributed by atoms with Crippen LogP contribution in [0.3, 0.4) is 0 Å². The number of nitrogens with zero attached hydrogens (tertiary/aromatic N) is 6. The van der Waals surface area contributed by atoms with Gasteiger partial charge in [0.15, 0.2) is 0 Å². The number of hydrogen-bond donors (Lipinski definition) is 1. The van der Waals surface area contributed by atoms with Crippen LogP contribution >= 0.6 is 0 Å². The van der Waals surface area contributed by atoms with Crippen LogP contribution in [0.2, 0.25) is 0 Å². The number of anilines is 4. The summed E-state index contributed by atoms with van der Waals surface area (Å²) in [7, 11) is 0. The average Bonchev–Trinajstić information content (AvgIpc) is 2.75. The number of benzene rings is 1. The van der Waals surface area contributed by atoms with Crippen LogP contribution in [-0.2, 0) is 0 Å². The number of nitrogens with one attached hydrogen (secondary N) is 1. The van der Waals surface area contributed by atoms with Crippen molar-refractivity contribution in [3.05, 3.63) is 71.1 Å². The van der Waals surface area contributed by atoms with Gasteiger partial charge in [-0.15, -0.1) is 0 Å². The lowest BCUT2D eigenvalue weighted by molar-refractivity contribution is -0.383. The Balaban J connectivity index is 1.57. The SMILES string of the molecule is O=[N+]([O-])c1c(Nc2ccncc2)ncnc1N1CCN(c2ccccc2F)CC1. The van der Waals surface area contributed by atoms with Crippen LogP contribution in [0.1, 0.15) is 0 Å². The second kappa shape index (κ2) is 8.05. The van der Waals surface area contributed by atoms with E-state index in [1.54, 1.807) is 42.7 Å². The lowest BCUT2D eigenvalue weighted by atomic mass is 10.2. The van der Waals surface area contributed by atoms with E-state index in [9.17, 15) is 14.5 Å². The standard InChI is InChI=1S/C19H18FN7O2/c20-15-3-1-2-4-16(15)25-9-11-26(12-10-25)19-17(27(28)29)18(22-13-23-19)24-14-5-7-21-8-6-14/h1-8,13H,9-12H2,(H,21,22,23,24). The highest BCUT2D eigenvalue weighted by molar-refractivity contribution is 5.74. The zero-order chi connectivity index (χ0) is 20.2. The maximum atomic E-state index is 14.0. The van der Waals surface area contributed by atoms with Gasteiger partial charge < -0.3 is 15.1 Å². The molecule has 4 rings (SSSR count). The molecule has 0 unspecified atom stereocenters. The van der Waals surface area contributed by atoms with Crippen LogP contribution in [0.4, 0.5) is 33.1 Å². The first-order valence-corrected chi connectivity index (χ1v) is 9.04. The predicted octanol–water partition coefficient (Wildman–Crippen LogP) is 2.99. The monoisotopic (exact) mass is 395 g/mol. The average molecular weight is 395 g/mol. The van der Waals surface area contributed by atoms with Gasteiger partial charge in [0.2, 0.25) is 11.6 Å². The summed E-state index contributed by atoms with van der Waals surface area (Å²) in [6.45, 7) is 1.99. The van der Waals surface area contributed by atoms with E-state index in [1.807, 2.05) is 9.80 Å². The number of nitro groups is 1. The summed E-state index contributed by atoms with van der Waals surface area (Å²) < 4.78 is 14.0. The number of rotatable bonds is 5. The molecule has 0 saturated carbocycles. The molecule has 1 aliphatic rings. The summed E-state index contributed by atoms with van der Waals surface area (Å²) in [5, 5.41) is 14.7. The summed E-state index contributed by atoms with van der Waals surface area (Å²) in [4.78, 5) is 27.2. The second-order valence-corrected chi connectivity index (χ2v) is 6.44. The molecule has 1 saturated heterocycles. The van der Waals surface area contributed by atoms with E-state index < -0.39 is 4.92 Å². The predicted molar refractivity (Wildman–Crippen MR) is 107 cm³/mol. The first-order valence-electron chi connectivity index (χ1n) is 9.04. The van der Waals surface area contributed by atoms with E-state index in [2.05, 4.69) is 20.3 Å². The van der Waals surface area contributed by atoms with Crippen molar-refractivity contribution in [1.82, 2.24) is 15.0 Å². The van der Waals surface area contributed by atoms with Crippen LogP contribution in [0, 0.1) is 15.9 Å². The summed E-state index contributed by atoms with van der Waals surface area (Å²) in [5.74, 6) is 0.0790. The van der Waals surface area contributed by atoms with Crippen LogP contribution in [-0.4, -0.2) is 46.1 Å². The van der Waals surface area contributed by atoms with Gasteiger partial charge in [0, 0.05) is 44.3 Å². The molecule has 0 aliphatic carbocycles. The van der Waals surface area contributed by atoms with Gasteiger partial charge >= 0.3 is 5.69 Å². The van der Waals surface area contributed by atoms with Crippen molar-refractivity contribution in [2.24, 2.45) is 0 Å². The minimum atomic E-state index is -0.484. The Morgan fingerprint density at radius 2 is 1.69 bits per heavy atom. The molecule has 1 N–H and O–H groups in total. The van der Waals surface area contributed by atoms with Crippen molar-refractivity contribution in [1.29, 1.82) is 0 Å². The number of aromatic nitrogens is 3. The smallest absolute Gasteiger partial charge is 0.353 e. The molecule has 0 atom stereocenters. The summed E-state index contributed by atoms with van der Waals surface area (Å²) in [5.41, 5.74) is 0.977. The molecule has 9 nitrogen and oxygen atoms in total. The molecule has 1 aromatic carbocycles. The normalized spacial score (nSPS) is 14.0. The van der Waals surface area contributed by atoms with Gasteiger partial charge in [-0.2, -0.15) is 0 Å². The van der Waals surface area contributed by atoms with Gasteiger partial charge in [-0.3, -0.25) is 15.1 Å². The number of hydrogen-bond acceptors (Lipinski definition) is 8. The Morgan fingerprint density at radius 3 is 2.38 bits per heavy atom. The lowest BCUT2D eigenvalue weighted by Gasteiger charge is -2.36. The molecule has 3 aromatic rings. The third-order valence-corrected chi connectivity index (χ3v) is 4.70. The Hall–Kier alpha value is -3.82. The van der Waals surface area contributed by atoms with Gasteiger partial charge in [-0.05, 0) is 24.3 Å². The number of piperazine rings is 1. The van der Waals surface area contributed by atoms with Gasteiger partial charge in [-0.1, -0.05) is 12.1 Å². The fraction of sp³-hybridized carbons (Fsp3) is 0.211. The highest BCUT2D eigenvalue weighted by atomic mass is 19.1. The Kier molecular flexibility index (Phi) is 5.14. The van der Waals surface area contributed by atoms with Crippen molar-refractivity contribution < 1.29 is 9.31 Å². The summed E-state index contributed by atoms with van der Waals surface area (Å²) in [6, 6.07) is 9.98. The van der Waals surface area contributed by atoms with E-state index in [0.717, 1.165) is 0 Å². The van der Waals surface area contributed by atoms with E-state index in [0.29, 0.717) is 37.6 Å². The van der Waals surface area contributed by atoms with Crippen LogP contribution in [0.25, 0.3) is 0 Å². The molecule has 1 aliphatic heterocycles. The zero-order valence-electron chi connectivity index (χ0n) is 15.4. The highest BCUT2D eigenvalue weighted by Gasteiger charge is 2.29. The molecular weight excluding hydrogens is 377 g/mol. The van der Waals surface area contributed by atoms with Crippen molar-refractivity contribution >= 4 is 28.7 Å². The number of para-hydroxylation sites is 1. The molecule has 29 heavy (non-hydrogen) atoms. The van der Waals surface area contributed by atoms with E-state index >= 15 is 0 Å². The van der Waals surface area contributed by atoms with Crippen molar-refractivity contribution in [2.45, 2.75) is 0 Å². The third kappa shape index (κ3) is 3.91. The number of pyridine rings is 1. The molecule has 148 valence electrons. The van der Waals surface area contributed by atoms with Crippen molar-refractivity contribution in [2.75, 3.05) is 41.3 Å². The minimum Gasteiger partial charge on any atom is -0.366 e. The maximum Gasteiger partial charge on any atom is 0.353 e. The Labute approximate surface area is 166 Å². The van der Waals surface area contributed by atoms with E-state index in [1.165, 1.54) is 12.4 Å². The maximum absolute atomic E-state index is 14.0. The largest absolute Gasteiger partial charge is 0.366 e. The fourth-order valence-electron chi connectivity index (χ4n) is 3.30. The van der Waals surface area contributed by atoms with Crippen LogP contribution < -0.4 is 15.1 Å². The molecular formula is C19H18FN7O2. The van der Waals surface area contributed by atoms with Crippen molar-refractivity contribution in [3.8, 4) is 0 Å². The lowest BCUT2D eigenvalue weighted by Crippen LogP contribution is -2.47. The Morgan fingerprint density at radius 1 is 1.00 bits per heavy atom. The number of halogens is 1. The van der Waals surface area contributed by atoms with Crippen LogP contribution in [0.5, 0.6) is 0 Å². The van der Waals surface area contributed by atoms with Crippen molar-refractivity contribution in [3.63, 3.8) is 0 Å². The van der Waals surface area contributed by atoms with E-state index in [4.69, 9.17) is 0 Å². The highest BCUT2D eigenvalue weighted by Crippen LogP contribution is 2.34. The van der Waals surface area contributed by atoms with Gasteiger partial charge in [0.25, 0.3) is 0 Å².